The van der Waals surface area contributed by atoms with Crippen LogP contribution in [0.25, 0.3) is 0 Å². The monoisotopic (exact) mass is 256 g/mol. The minimum absolute atomic E-state index is 0.0581. The molecule has 1 saturated carbocycles. The number of carbonyl (C=O) groups excluding carboxylic acids is 2. The van der Waals surface area contributed by atoms with Crippen LogP contribution in [-0.2, 0) is 9.53 Å². The first-order valence-electron chi connectivity index (χ1n) is 6.50. The molecule has 1 rings (SSSR count). The third-order valence-corrected chi connectivity index (χ3v) is 3.40. The van der Waals surface area contributed by atoms with Crippen molar-refractivity contribution in [3.63, 3.8) is 0 Å². The second kappa shape index (κ2) is 6.07. The zero-order valence-electron chi connectivity index (χ0n) is 11.5. The highest BCUT2D eigenvalue weighted by Crippen LogP contribution is 2.41. The molecule has 104 valence electrons. The van der Waals surface area contributed by atoms with Crippen LogP contribution in [0.4, 0.5) is 4.79 Å². The van der Waals surface area contributed by atoms with E-state index in [-0.39, 0.29) is 23.8 Å². The van der Waals surface area contributed by atoms with Crippen LogP contribution in [0.1, 0.15) is 40.0 Å². The summed E-state index contributed by atoms with van der Waals surface area (Å²) in [7, 11) is 0. The van der Waals surface area contributed by atoms with Gasteiger partial charge in [0, 0.05) is 5.92 Å². The number of primary amides is 1. The minimum Gasteiger partial charge on any atom is -0.448 e. The number of nitrogens with two attached hydrogens (primary N) is 1. The molecule has 1 fully saturated rings. The van der Waals surface area contributed by atoms with E-state index < -0.39 is 6.09 Å². The molecule has 0 aliphatic heterocycles. The molecule has 1 aliphatic carbocycles. The van der Waals surface area contributed by atoms with Gasteiger partial charge in [-0.25, -0.2) is 4.79 Å². The Morgan fingerprint density at radius 3 is 2.61 bits per heavy atom. The first-order chi connectivity index (χ1) is 8.30. The summed E-state index contributed by atoms with van der Waals surface area (Å²) in [5, 5.41) is 2.79. The molecule has 18 heavy (non-hydrogen) atoms. The number of carbonyl (C=O) groups is 2. The van der Waals surface area contributed by atoms with E-state index in [1.54, 1.807) is 0 Å². The van der Waals surface area contributed by atoms with Crippen LogP contribution in [0.5, 0.6) is 0 Å². The van der Waals surface area contributed by atoms with Gasteiger partial charge in [-0.15, -0.1) is 0 Å². The summed E-state index contributed by atoms with van der Waals surface area (Å²) in [6, 6.07) is 0. The summed E-state index contributed by atoms with van der Waals surface area (Å²) >= 11 is 0. The predicted octanol–water partition coefficient (Wildman–Crippen LogP) is 1.66. The van der Waals surface area contributed by atoms with E-state index in [0.717, 1.165) is 12.8 Å². The van der Waals surface area contributed by atoms with Crippen LogP contribution in [0, 0.1) is 17.3 Å². The standard InChI is InChI=1S/C13H24N2O3/c1-9-6-10(8-13(2,3)7-9)11(16)15-4-5-18-12(14)17/h9-10H,4-8H2,1-3H3,(H2,14,17)(H,15,16)/t9-,10-/m0/s1. The summed E-state index contributed by atoms with van der Waals surface area (Å²) in [5.74, 6) is 0.700. The Bertz CT molecular complexity index is 315. The van der Waals surface area contributed by atoms with Gasteiger partial charge in [0.15, 0.2) is 0 Å². The number of nitrogens with one attached hydrogen (secondary N) is 1. The summed E-state index contributed by atoms with van der Waals surface area (Å²) < 4.78 is 4.57. The Morgan fingerprint density at radius 1 is 1.39 bits per heavy atom. The summed E-state index contributed by atoms with van der Waals surface area (Å²) in [6.07, 6.45) is 2.21. The molecule has 3 N–H and O–H groups in total. The van der Waals surface area contributed by atoms with Crippen LogP contribution in [-0.4, -0.2) is 25.2 Å². The van der Waals surface area contributed by atoms with Crippen LogP contribution in [0.3, 0.4) is 0 Å². The number of amides is 2. The molecule has 0 aromatic heterocycles. The maximum absolute atomic E-state index is 12.0. The van der Waals surface area contributed by atoms with Gasteiger partial charge >= 0.3 is 6.09 Å². The molecule has 1 aliphatic rings. The van der Waals surface area contributed by atoms with Crippen LogP contribution < -0.4 is 11.1 Å². The average Bonchev–Trinajstić information content (AvgIpc) is 2.20. The van der Waals surface area contributed by atoms with Gasteiger partial charge in [0.05, 0.1) is 6.54 Å². The number of ether oxygens (including phenoxy) is 1. The Hall–Kier alpha value is -1.26. The largest absolute Gasteiger partial charge is 0.448 e. The van der Waals surface area contributed by atoms with E-state index in [9.17, 15) is 9.59 Å². The third-order valence-electron chi connectivity index (χ3n) is 3.40. The van der Waals surface area contributed by atoms with Crippen LogP contribution in [0.2, 0.25) is 0 Å². The van der Waals surface area contributed by atoms with E-state index in [1.165, 1.54) is 6.42 Å². The Labute approximate surface area is 108 Å². The van der Waals surface area contributed by atoms with Crippen molar-refractivity contribution in [2.75, 3.05) is 13.2 Å². The van der Waals surface area contributed by atoms with E-state index in [1.807, 2.05) is 0 Å². The van der Waals surface area contributed by atoms with E-state index >= 15 is 0 Å². The van der Waals surface area contributed by atoms with Gasteiger partial charge in [0.25, 0.3) is 0 Å². The number of hydrogen-bond acceptors (Lipinski definition) is 3. The van der Waals surface area contributed by atoms with E-state index in [4.69, 9.17) is 5.73 Å². The molecule has 0 aromatic rings. The predicted molar refractivity (Wildman–Crippen MR) is 68.8 cm³/mol. The van der Waals surface area contributed by atoms with Gasteiger partial charge in [-0.2, -0.15) is 0 Å². The fourth-order valence-corrected chi connectivity index (χ4v) is 3.02. The SMILES string of the molecule is C[C@H]1C[C@H](C(=O)NCCOC(N)=O)CC(C)(C)C1. The zero-order valence-corrected chi connectivity index (χ0v) is 11.5. The minimum atomic E-state index is -0.809. The fraction of sp³-hybridized carbons (Fsp3) is 0.846. The second-order valence-corrected chi connectivity index (χ2v) is 6.07. The number of hydrogen-bond donors (Lipinski definition) is 2. The molecule has 0 unspecified atom stereocenters. The maximum atomic E-state index is 12.0. The molecule has 2 atom stereocenters. The highest BCUT2D eigenvalue weighted by Gasteiger charge is 2.35. The lowest BCUT2D eigenvalue weighted by Crippen LogP contribution is -2.39. The lowest BCUT2D eigenvalue weighted by Gasteiger charge is -2.38. The molecule has 2 amide bonds. The first-order valence-corrected chi connectivity index (χ1v) is 6.50. The summed E-state index contributed by atoms with van der Waals surface area (Å²) in [5.41, 5.74) is 5.06. The quantitative estimate of drug-likeness (QED) is 0.750. The van der Waals surface area contributed by atoms with Crippen molar-refractivity contribution in [3.05, 3.63) is 0 Å². The zero-order chi connectivity index (χ0) is 13.8. The van der Waals surface area contributed by atoms with Crippen LogP contribution >= 0.6 is 0 Å². The van der Waals surface area contributed by atoms with Crippen molar-refractivity contribution >= 4 is 12.0 Å². The molecule has 5 nitrogen and oxygen atoms in total. The van der Waals surface area contributed by atoms with Crippen molar-refractivity contribution in [2.45, 2.75) is 40.0 Å². The van der Waals surface area contributed by atoms with Crippen molar-refractivity contribution in [3.8, 4) is 0 Å². The van der Waals surface area contributed by atoms with Gasteiger partial charge in [0.1, 0.15) is 6.61 Å². The fourth-order valence-electron chi connectivity index (χ4n) is 3.02. The van der Waals surface area contributed by atoms with Gasteiger partial charge < -0.3 is 15.8 Å². The third kappa shape index (κ3) is 4.94. The molecule has 0 radical (unpaired) electrons. The van der Waals surface area contributed by atoms with Crippen molar-refractivity contribution < 1.29 is 14.3 Å². The van der Waals surface area contributed by atoms with Crippen molar-refractivity contribution in [1.82, 2.24) is 5.32 Å². The first kappa shape index (κ1) is 14.8. The lowest BCUT2D eigenvalue weighted by atomic mass is 9.68. The van der Waals surface area contributed by atoms with Crippen molar-refractivity contribution in [2.24, 2.45) is 23.0 Å². The lowest BCUT2D eigenvalue weighted by molar-refractivity contribution is -0.128. The summed E-state index contributed by atoms with van der Waals surface area (Å²) in [6.45, 7) is 7.06. The average molecular weight is 256 g/mol. The Morgan fingerprint density at radius 2 is 2.06 bits per heavy atom. The smallest absolute Gasteiger partial charge is 0.404 e. The molecule has 0 heterocycles. The van der Waals surface area contributed by atoms with E-state index in [0.29, 0.717) is 12.5 Å². The molecule has 0 spiro atoms. The van der Waals surface area contributed by atoms with Crippen LogP contribution in [0.15, 0.2) is 0 Å². The topological polar surface area (TPSA) is 81.4 Å². The number of rotatable bonds is 4. The van der Waals surface area contributed by atoms with Gasteiger partial charge in [-0.1, -0.05) is 20.8 Å². The Kier molecular flexibility index (Phi) is 4.99. The summed E-state index contributed by atoms with van der Waals surface area (Å²) in [4.78, 5) is 22.4. The van der Waals surface area contributed by atoms with Gasteiger partial charge in [-0.3, -0.25) is 4.79 Å². The molecule has 0 aromatic carbocycles. The molecule has 0 bridgehead atoms. The van der Waals surface area contributed by atoms with E-state index in [2.05, 4.69) is 30.8 Å². The molecular formula is C13H24N2O3. The highest BCUT2D eigenvalue weighted by molar-refractivity contribution is 5.78. The molecule has 0 saturated heterocycles. The second-order valence-electron chi connectivity index (χ2n) is 6.07. The van der Waals surface area contributed by atoms with Gasteiger partial charge in [0.2, 0.25) is 5.91 Å². The molecular weight excluding hydrogens is 232 g/mol. The van der Waals surface area contributed by atoms with Crippen molar-refractivity contribution in [1.29, 1.82) is 0 Å². The highest BCUT2D eigenvalue weighted by atomic mass is 16.5. The molecule has 5 heteroatoms. The normalized spacial score (nSPS) is 26.4. The van der Waals surface area contributed by atoms with Gasteiger partial charge in [-0.05, 0) is 30.6 Å². The maximum Gasteiger partial charge on any atom is 0.404 e. The Balaban J connectivity index is 2.34.